The third-order valence-corrected chi connectivity index (χ3v) is 2.71. The third kappa shape index (κ3) is 1.43. The van der Waals surface area contributed by atoms with Crippen molar-refractivity contribution in [3.8, 4) is 5.69 Å². The quantitative estimate of drug-likeness (QED) is 0.829. The van der Waals surface area contributed by atoms with Crippen molar-refractivity contribution in [3.63, 3.8) is 0 Å². The summed E-state index contributed by atoms with van der Waals surface area (Å²) < 4.78 is 3.50. The SMILES string of the molecule is CCn1c(=O)c(N)c(C)n1-c1ccccc1. The smallest absolute Gasteiger partial charge is 0.290 e. The molecule has 2 aromatic rings. The molecule has 0 bridgehead atoms. The fourth-order valence-corrected chi connectivity index (χ4v) is 1.87. The van der Waals surface area contributed by atoms with Crippen LogP contribution in [0.2, 0.25) is 0 Å². The number of aromatic nitrogens is 2. The van der Waals surface area contributed by atoms with E-state index >= 15 is 0 Å². The first-order chi connectivity index (χ1) is 7.66. The van der Waals surface area contributed by atoms with E-state index in [0.717, 1.165) is 11.4 Å². The Bertz CT molecular complexity index is 552. The number of nitrogens with zero attached hydrogens (tertiary/aromatic N) is 2. The molecular weight excluding hydrogens is 202 g/mol. The van der Waals surface area contributed by atoms with E-state index in [9.17, 15) is 4.79 Å². The van der Waals surface area contributed by atoms with Gasteiger partial charge < -0.3 is 5.73 Å². The second-order valence-corrected chi connectivity index (χ2v) is 3.67. The minimum atomic E-state index is -0.121. The van der Waals surface area contributed by atoms with Crippen LogP contribution in [0, 0.1) is 6.92 Å². The standard InChI is InChI=1S/C12H15N3O/c1-3-14-12(16)11(13)9(2)15(14)10-7-5-4-6-8-10/h4-8H,3,13H2,1-2H3. The van der Waals surface area contributed by atoms with Crippen LogP contribution in [-0.4, -0.2) is 9.36 Å². The van der Waals surface area contributed by atoms with E-state index in [2.05, 4.69) is 0 Å². The Kier molecular flexibility index (Phi) is 2.56. The van der Waals surface area contributed by atoms with Gasteiger partial charge in [0.25, 0.3) is 5.56 Å². The largest absolute Gasteiger partial charge is 0.393 e. The molecule has 0 amide bonds. The van der Waals surface area contributed by atoms with Gasteiger partial charge in [0.2, 0.25) is 0 Å². The molecule has 1 aromatic carbocycles. The molecule has 0 spiro atoms. The lowest BCUT2D eigenvalue weighted by Crippen LogP contribution is -2.22. The molecule has 16 heavy (non-hydrogen) atoms. The number of nitrogens with two attached hydrogens (primary N) is 1. The number of hydrogen-bond donors (Lipinski definition) is 1. The third-order valence-electron chi connectivity index (χ3n) is 2.71. The van der Waals surface area contributed by atoms with E-state index in [1.807, 2.05) is 48.9 Å². The highest BCUT2D eigenvalue weighted by Gasteiger charge is 2.13. The molecule has 1 aromatic heterocycles. The first-order valence-electron chi connectivity index (χ1n) is 5.30. The number of hydrogen-bond acceptors (Lipinski definition) is 2. The molecule has 0 fully saturated rings. The predicted octanol–water partition coefficient (Wildman–Crippen LogP) is 1.55. The van der Waals surface area contributed by atoms with E-state index < -0.39 is 0 Å². The number of nitrogen functional groups attached to an aromatic ring is 1. The van der Waals surface area contributed by atoms with Gasteiger partial charge in [0.05, 0.1) is 11.4 Å². The zero-order valence-corrected chi connectivity index (χ0v) is 9.47. The molecule has 1 heterocycles. The van der Waals surface area contributed by atoms with E-state index in [-0.39, 0.29) is 5.56 Å². The maximum absolute atomic E-state index is 11.8. The van der Waals surface area contributed by atoms with Gasteiger partial charge in [-0.05, 0) is 26.0 Å². The molecule has 0 unspecified atom stereocenters. The molecule has 4 heteroatoms. The van der Waals surface area contributed by atoms with Gasteiger partial charge in [0.1, 0.15) is 5.69 Å². The van der Waals surface area contributed by atoms with Crippen LogP contribution in [0.3, 0.4) is 0 Å². The second-order valence-electron chi connectivity index (χ2n) is 3.67. The number of para-hydroxylation sites is 1. The lowest BCUT2D eigenvalue weighted by atomic mass is 10.3. The van der Waals surface area contributed by atoms with Crippen LogP contribution in [0.4, 0.5) is 5.69 Å². The molecular formula is C12H15N3O. The maximum atomic E-state index is 11.8. The van der Waals surface area contributed by atoms with Crippen LogP contribution in [0.5, 0.6) is 0 Å². The van der Waals surface area contributed by atoms with Crippen molar-refractivity contribution >= 4 is 5.69 Å². The summed E-state index contributed by atoms with van der Waals surface area (Å²) in [6.45, 7) is 4.39. The van der Waals surface area contributed by atoms with Crippen LogP contribution in [0.25, 0.3) is 5.69 Å². The van der Waals surface area contributed by atoms with Gasteiger partial charge in [-0.2, -0.15) is 0 Å². The molecule has 84 valence electrons. The van der Waals surface area contributed by atoms with Gasteiger partial charge in [-0.3, -0.25) is 9.48 Å². The summed E-state index contributed by atoms with van der Waals surface area (Å²) in [5.74, 6) is 0. The number of rotatable bonds is 2. The van der Waals surface area contributed by atoms with E-state index in [1.54, 1.807) is 4.68 Å². The van der Waals surface area contributed by atoms with Crippen molar-refractivity contribution < 1.29 is 0 Å². The zero-order valence-electron chi connectivity index (χ0n) is 9.47. The average molecular weight is 217 g/mol. The van der Waals surface area contributed by atoms with E-state index in [0.29, 0.717) is 12.2 Å². The van der Waals surface area contributed by atoms with E-state index in [4.69, 9.17) is 5.73 Å². The normalized spacial score (nSPS) is 10.6. The summed E-state index contributed by atoms with van der Waals surface area (Å²) in [4.78, 5) is 11.8. The van der Waals surface area contributed by atoms with Crippen LogP contribution in [0.1, 0.15) is 12.6 Å². The summed E-state index contributed by atoms with van der Waals surface area (Å²) in [7, 11) is 0. The van der Waals surface area contributed by atoms with Gasteiger partial charge in [-0.25, -0.2) is 4.68 Å². The molecule has 0 radical (unpaired) electrons. The van der Waals surface area contributed by atoms with Gasteiger partial charge in [-0.15, -0.1) is 0 Å². The van der Waals surface area contributed by atoms with Gasteiger partial charge >= 0.3 is 0 Å². The molecule has 0 aliphatic carbocycles. The monoisotopic (exact) mass is 217 g/mol. The Morgan fingerprint density at radius 2 is 1.88 bits per heavy atom. The van der Waals surface area contributed by atoms with Crippen molar-refractivity contribution in [2.45, 2.75) is 20.4 Å². The zero-order chi connectivity index (χ0) is 11.7. The van der Waals surface area contributed by atoms with Crippen molar-refractivity contribution in [2.75, 3.05) is 5.73 Å². The Balaban J connectivity index is 2.75. The van der Waals surface area contributed by atoms with Gasteiger partial charge in [-0.1, -0.05) is 18.2 Å². The fraction of sp³-hybridized carbons (Fsp3) is 0.250. The van der Waals surface area contributed by atoms with Gasteiger partial charge in [0.15, 0.2) is 0 Å². The van der Waals surface area contributed by atoms with Gasteiger partial charge in [0, 0.05) is 6.54 Å². The van der Waals surface area contributed by atoms with Crippen molar-refractivity contribution in [3.05, 3.63) is 46.4 Å². The molecule has 0 aliphatic rings. The highest BCUT2D eigenvalue weighted by Crippen LogP contribution is 2.14. The molecule has 2 N–H and O–H groups in total. The van der Waals surface area contributed by atoms with Crippen LogP contribution in [-0.2, 0) is 6.54 Å². The maximum Gasteiger partial charge on any atom is 0.290 e. The summed E-state index contributed by atoms with van der Waals surface area (Å²) in [6.07, 6.45) is 0. The molecule has 0 saturated carbocycles. The lowest BCUT2D eigenvalue weighted by molar-refractivity contribution is 0.559. The van der Waals surface area contributed by atoms with Crippen LogP contribution >= 0.6 is 0 Å². The topological polar surface area (TPSA) is 52.9 Å². The number of anilines is 1. The molecule has 0 saturated heterocycles. The van der Waals surface area contributed by atoms with Crippen molar-refractivity contribution in [1.29, 1.82) is 0 Å². The predicted molar refractivity (Wildman–Crippen MR) is 64.9 cm³/mol. The van der Waals surface area contributed by atoms with Crippen molar-refractivity contribution in [1.82, 2.24) is 9.36 Å². The number of benzene rings is 1. The second kappa shape index (κ2) is 3.89. The first kappa shape index (κ1) is 10.5. The summed E-state index contributed by atoms with van der Waals surface area (Å²) in [6, 6.07) is 9.74. The molecule has 0 aliphatic heterocycles. The van der Waals surface area contributed by atoms with Crippen LogP contribution in [0.15, 0.2) is 35.1 Å². The Morgan fingerprint density at radius 1 is 1.25 bits per heavy atom. The Labute approximate surface area is 93.9 Å². The lowest BCUT2D eigenvalue weighted by Gasteiger charge is -2.11. The van der Waals surface area contributed by atoms with E-state index in [1.165, 1.54) is 0 Å². The molecule has 0 atom stereocenters. The summed E-state index contributed by atoms with van der Waals surface area (Å²) in [5, 5.41) is 0. The Hall–Kier alpha value is -1.97. The minimum Gasteiger partial charge on any atom is -0.393 e. The highest BCUT2D eigenvalue weighted by molar-refractivity contribution is 5.45. The minimum absolute atomic E-state index is 0.121. The molecule has 4 nitrogen and oxygen atoms in total. The first-order valence-corrected chi connectivity index (χ1v) is 5.30. The fourth-order valence-electron chi connectivity index (χ4n) is 1.87. The molecule has 2 rings (SSSR count). The van der Waals surface area contributed by atoms with Crippen LogP contribution < -0.4 is 11.3 Å². The summed E-state index contributed by atoms with van der Waals surface area (Å²) in [5.41, 5.74) is 7.71. The Morgan fingerprint density at radius 3 is 2.44 bits per heavy atom. The summed E-state index contributed by atoms with van der Waals surface area (Å²) >= 11 is 0. The van der Waals surface area contributed by atoms with Crippen molar-refractivity contribution in [2.24, 2.45) is 0 Å². The highest BCUT2D eigenvalue weighted by atomic mass is 16.1. The average Bonchev–Trinajstić information content (AvgIpc) is 2.54.